The Labute approximate surface area is 93.0 Å². The molecule has 0 bridgehead atoms. The van der Waals surface area contributed by atoms with Gasteiger partial charge in [-0.1, -0.05) is 0 Å². The first-order chi connectivity index (χ1) is 7.79. The zero-order valence-corrected chi connectivity index (χ0v) is 8.87. The highest BCUT2D eigenvalue weighted by Gasteiger charge is 2.60. The molecule has 0 aromatic heterocycles. The summed E-state index contributed by atoms with van der Waals surface area (Å²) in [6, 6.07) is 0. The van der Waals surface area contributed by atoms with Crippen molar-refractivity contribution in [2.45, 2.75) is 36.4 Å². The van der Waals surface area contributed by atoms with E-state index in [0.717, 1.165) is 0 Å². The summed E-state index contributed by atoms with van der Waals surface area (Å²) in [4.78, 5) is 0. The molecule has 3 fully saturated rings. The fourth-order valence-electron chi connectivity index (χ4n) is 2.42. The molecular formula is C10H16O6. The molecule has 92 valence electrons. The third kappa shape index (κ3) is 1.75. The Morgan fingerprint density at radius 1 is 1.06 bits per heavy atom. The summed E-state index contributed by atoms with van der Waals surface area (Å²) in [5.41, 5.74) is -0.498. The minimum absolute atomic E-state index is 0.00469. The molecule has 6 heteroatoms. The predicted molar refractivity (Wildman–Crippen MR) is 50.7 cm³/mol. The van der Waals surface area contributed by atoms with Crippen molar-refractivity contribution in [2.24, 2.45) is 0 Å². The molecule has 3 rings (SSSR count). The zero-order chi connectivity index (χ0) is 11.2. The van der Waals surface area contributed by atoms with Crippen molar-refractivity contribution in [2.75, 3.05) is 26.6 Å². The van der Waals surface area contributed by atoms with E-state index < -0.39 is 5.60 Å². The molecule has 5 unspecified atom stereocenters. The number of rotatable bonds is 5. The lowest BCUT2D eigenvalue weighted by Gasteiger charge is -2.23. The van der Waals surface area contributed by atoms with Crippen LogP contribution in [0, 0.1) is 0 Å². The van der Waals surface area contributed by atoms with E-state index in [2.05, 4.69) is 0 Å². The fourth-order valence-corrected chi connectivity index (χ4v) is 2.42. The van der Waals surface area contributed by atoms with E-state index in [1.54, 1.807) is 0 Å². The highest BCUT2D eigenvalue weighted by molar-refractivity contribution is 5.07. The van der Waals surface area contributed by atoms with Crippen LogP contribution in [0.5, 0.6) is 0 Å². The highest BCUT2D eigenvalue weighted by atomic mass is 16.7. The van der Waals surface area contributed by atoms with Crippen molar-refractivity contribution in [1.29, 1.82) is 0 Å². The van der Waals surface area contributed by atoms with Gasteiger partial charge in [-0.15, -0.1) is 0 Å². The van der Waals surface area contributed by atoms with E-state index in [-0.39, 0.29) is 44.4 Å². The molecule has 5 atom stereocenters. The summed E-state index contributed by atoms with van der Waals surface area (Å²) in [5.74, 6) is 0. The fraction of sp³-hybridized carbons (Fsp3) is 1.00. The van der Waals surface area contributed by atoms with Crippen LogP contribution in [0.15, 0.2) is 0 Å². The van der Waals surface area contributed by atoms with Gasteiger partial charge >= 0.3 is 0 Å². The number of ether oxygens (including phenoxy) is 4. The van der Waals surface area contributed by atoms with E-state index in [0.29, 0.717) is 13.0 Å². The number of hydrogen-bond donors (Lipinski definition) is 2. The first kappa shape index (κ1) is 10.9. The monoisotopic (exact) mass is 232 g/mol. The van der Waals surface area contributed by atoms with Gasteiger partial charge in [0.25, 0.3) is 0 Å². The molecule has 0 amide bonds. The minimum Gasteiger partial charge on any atom is -0.394 e. The van der Waals surface area contributed by atoms with Crippen molar-refractivity contribution >= 4 is 0 Å². The predicted octanol–water partition coefficient (Wildman–Crippen LogP) is -1.36. The minimum atomic E-state index is -0.498. The van der Waals surface area contributed by atoms with Gasteiger partial charge in [-0.2, -0.15) is 0 Å². The Morgan fingerprint density at radius 3 is 2.38 bits per heavy atom. The first-order valence-corrected chi connectivity index (χ1v) is 5.53. The zero-order valence-electron chi connectivity index (χ0n) is 8.87. The number of aliphatic hydroxyl groups is 2. The van der Waals surface area contributed by atoms with Gasteiger partial charge in [0.05, 0.1) is 25.9 Å². The molecule has 6 nitrogen and oxygen atoms in total. The van der Waals surface area contributed by atoms with Crippen molar-refractivity contribution in [1.82, 2.24) is 0 Å². The lowest BCUT2D eigenvalue weighted by atomic mass is 9.92. The van der Waals surface area contributed by atoms with Crippen LogP contribution in [0.4, 0.5) is 0 Å². The summed E-state index contributed by atoms with van der Waals surface area (Å²) in [7, 11) is 0. The average molecular weight is 232 g/mol. The van der Waals surface area contributed by atoms with E-state index in [9.17, 15) is 0 Å². The smallest absolute Gasteiger partial charge is 0.147 e. The maximum absolute atomic E-state index is 9.01. The van der Waals surface area contributed by atoms with Crippen LogP contribution < -0.4 is 0 Å². The second-order valence-corrected chi connectivity index (χ2v) is 4.55. The van der Waals surface area contributed by atoms with Gasteiger partial charge in [-0.25, -0.2) is 0 Å². The topological polar surface area (TPSA) is 84.0 Å². The van der Waals surface area contributed by atoms with Gasteiger partial charge in [-0.05, 0) is 0 Å². The maximum Gasteiger partial charge on any atom is 0.147 e. The Balaban J connectivity index is 1.62. The summed E-state index contributed by atoms with van der Waals surface area (Å²) < 4.78 is 21.5. The van der Waals surface area contributed by atoms with Crippen molar-refractivity contribution in [3.05, 3.63) is 0 Å². The number of hydrogen-bond acceptors (Lipinski definition) is 6. The molecule has 3 saturated heterocycles. The molecule has 3 aliphatic rings. The van der Waals surface area contributed by atoms with Crippen LogP contribution in [0.2, 0.25) is 0 Å². The third-order valence-corrected chi connectivity index (χ3v) is 3.47. The van der Waals surface area contributed by atoms with E-state index >= 15 is 0 Å². The maximum atomic E-state index is 9.01. The average Bonchev–Trinajstić information content (AvgIpc) is 3.18. The summed E-state index contributed by atoms with van der Waals surface area (Å²) in [5, 5.41) is 17.9. The van der Waals surface area contributed by atoms with Crippen molar-refractivity contribution < 1.29 is 29.2 Å². The lowest BCUT2D eigenvalue weighted by Crippen LogP contribution is -2.41. The molecule has 0 aromatic carbocycles. The molecule has 3 aliphatic heterocycles. The number of aliphatic hydroxyl groups excluding tert-OH is 2. The summed E-state index contributed by atoms with van der Waals surface area (Å²) >= 11 is 0. The van der Waals surface area contributed by atoms with E-state index in [4.69, 9.17) is 29.2 Å². The molecule has 0 radical (unpaired) electrons. The van der Waals surface area contributed by atoms with Crippen molar-refractivity contribution in [3.63, 3.8) is 0 Å². The number of epoxide rings is 2. The van der Waals surface area contributed by atoms with Gasteiger partial charge in [0.1, 0.15) is 30.7 Å². The Kier molecular flexibility index (Phi) is 2.66. The van der Waals surface area contributed by atoms with E-state index in [1.165, 1.54) is 0 Å². The summed E-state index contributed by atoms with van der Waals surface area (Å²) in [6.07, 6.45) is 0.346. The largest absolute Gasteiger partial charge is 0.394 e. The highest BCUT2D eigenvalue weighted by Crippen LogP contribution is 2.44. The van der Waals surface area contributed by atoms with Crippen LogP contribution in [-0.4, -0.2) is 66.8 Å². The third-order valence-electron chi connectivity index (χ3n) is 3.47. The van der Waals surface area contributed by atoms with Crippen LogP contribution >= 0.6 is 0 Å². The standard InChI is InChI=1S/C10H16O6/c11-2-7-6(15-7)1-10(4-13-5-14-10)9-8(3-12)16-9/h6-9,11-12H,1-5H2. The molecule has 0 aromatic rings. The van der Waals surface area contributed by atoms with Crippen LogP contribution in [0.1, 0.15) is 6.42 Å². The van der Waals surface area contributed by atoms with Crippen molar-refractivity contribution in [3.8, 4) is 0 Å². The van der Waals surface area contributed by atoms with Gasteiger partial charge < -0.3 is 29.2 Å². The molecule has 16 heavy (non-hydrogen) atoms. The molecule has 0 saturated carbocycles. The van der Waals surface area contributed by atoms with Gasteiger partial charge in [0.15, 0.2) is 0 Å². The molecule has 0 aliphatic carbocycles. The molecule has 3 heterocycles. The van der Waals surface area contributed by atoms with Crippen LogP contribution in [-0.2, 0) is 18.9 Å². The molecule has 2 N–H and O–H groups in total. The van der Waals surface area contributed by atoms with Gasteiger partial charge in [0, 0.05) is 6.42 Å². The summed E-state index contributed by atoms with van der Waals surface area (Å²) in [6.45, 7) is 0.766. The Morgan fingerprint density at radius 2 is 1.88 bits per heavy atom. The van der Waals surface area contributed by atoms with Crippen LogP contribution in [0.25, 0.3) is 0 Å². The second-order valence-electron chi connectivity index (χ2n) is 4.55. The van der Waals surface area contributed by atoms with E-state index in [1.807, 2.05) is 0 Å². The van der Waals surface area contributed by atoms with Crippen LogP contribution in [0.3, 0.4) is 0 Å². The Bertz CT molecular complexity index is 264. The van der Waals surface area contributed by atoms with Gasteiger partial charge in [-0.3, -0.25) is 0 Å². The normalized spacial score (nSPS) is 50.6. The second kappa shape index (κ2) is 3.90. The quantitative estimate of drug-likeness (QED) is 0.569. The first-order valence-electron chi connectivity index (χ1n) is 5.53. The Hall–Kier alpha value is -0.240. The SMILES string of the molecule is OCC1OC1CC1(C2OC2CO)COCO1. The lowest BCUT2D eigenvalue weighted by molar-refractivity contribution is -0.0333. The van der Waals surface area contributed by atoms with Gasteiger partial charge in [0.2, 0.25) is 0 Å². The molecular weight excluding hydrogens is 216 g/mol. The molecule has 0 spiro atoms.